The van der Waals surface area contributed by atoms with E-state index >= 15 is 0 Å². The number of hydrogen-bond acceptors (Lipinski definition) is 6. The summed E-state index contributed by atoms with van der Waals surface area (Å²) < 4.78 is 38.3. The fraction of sp³-hybridized carbons (Fsp3) is 0.263. The third-order valence-electron chi connectivity index (χ3n) is 4.32. The predicted octanol–water partition coefficient (Wildman–Crippen LogP) is 2.54. The fourth-order valence-electron chi connectivity index (χ4n) is 2.83. The molecule has 1 saturated heterocycles. The molecule has 10 heteroatoms. The van der Waals surface area contributed by atoms with E-state index in [9.17, 15) is 13.2 Å². The van der Waals surface area contributed by atoms with Gasteiger partial charge in [0.15, 0.2) is 0 Å². The summed E-state index contributed by atoms with van der Waals surface area (Å²) in [6, 6.07) is 10.1. The number of carbonyl (C=O) groups excluding carboxylic acids is 1. The van der Waals surface area contributed by atoms with Gasteiger partial charge in [-0.1, -0.05) is 11.6 Å². The van der Waals surface area contributed by atoms with E-state index in [2.05, 4.69) is 10.0 Å². The van der Waals surface area contributed by atoms with Gasteiger partial charge in [0.25, 0.3) is 5.91 Å². The minimum atomic E-state index is -3.84. The van der Waals surface area contributed by atoms with Crippen LogP contribution in [-0.4, -0.2) is 40.7 Å². The maximum Gasteiger partial charge on any atom is 0.259 e. The third kappa shape index (κ3) is 4.86. The summed E-state index contributed by atoms with van der Waals surface area (Å²) in [5, 5.41) is 11.8. The lowest BCUT2D eigenvalue weighted by molar-refractivity contribution is 0.102. The van der Waals surface area contributed by atoms with Gasteiger partial charge in [-0.2, -0.15) is 5.26 Å². The van der Waals surface area contributed by atoms with E-state index in [0.29, 0.717) is 25.3 Å². The van der Waals surface area contributed by atoms with Crippen molar-refractivity contribution in [2.45, 2.75) is 17.4 Å². The summed E-state index contributed by atoms with van der Waals surface area (Å²) in [6.45, 7) is 0.804. The van der Waals surface area contributed by atoms with Crippen LogP contribution in [0.25, 0.3) is 0 Å². The minimum Gasteiger partial charge on any atom is -0.496 e. The molecule has 1 aliphatic rings. The van der Waals surface area contributed by atoms with Gasteiger partial charge in [0.2, 0.25) is 10.0 Å². The van der Waals surface area contributed by atoms with Crippen LogP contribution in [0, 0.1) is 11.3 Å². The van der Waals surface area contributed by atoms with Gasteiger partial charge in [0.1, 0.15) is 11.8 Å². The molecule has 8 nitrogen and oxygen atoms in total. The maximum atomic E-state index is 12.7. The number of benzene rings is 2. The largest absolute Gasteiger partial charge is 0.496 e. The van der Waals surface area contributed by atoms with E-state index in [1.807, 2.05) is 6.07 Å². The highest BCUT2D eigenvalue weighted by atomic mass is 35.5. The highest BCUT2D eigenvalue weighted by Gasteiger charge is 2.25. The second kappa shape index (κ2) is 8.80. The van der Waals surface area contributed by atoms with Crippen LogP contribution in [0.2, 0.25) is 5.02 Å². The molecule has 29 heavy (non-hydrogen) atoms. The fourth-order valence-corrected chi connectivity index (χ4v) is 4.33. The molecule has 0 aromatic heterocycles. The number of sulfonamides is 1. The summed E-state index contributed by atoms with van der Waals surface area (Å²) in [5.41, 5.74) is 0.673. The summed E-state index contributed by atoms with van der Waals surface area (Å²) in [6.07, 6.45) is 0.585. The van der Waals surface area contributed by atoms with E-state index in [-0.39, 0.29) is 32.8 Å². The van der Waals surface area contributed by atoms with Crippen molar-refractivity contribution in [1.29, 1.82) is 5.26 Å². The van der Waals surface area contributed by atoms with E-state index in [0.717, 1.165) is 0 Å². The molecule has 0 spiro atoms. The Kier molecular flexibility index (Phi) is 6.39. The molecule has 0 aliphatic carbocycles. The number of nitrogens with zero attached hydrogens (tertiary/aromatic N) is 1. The van der Waals surface area contributed by atoms with Crippen molar-refractivity contribution < 1.29 is 22.7 Å². The van der Waals surface area contributed by atoms with Crippen LogP contribution < -0.4 is 14.8 Å². The zero-order valence-corrected chi connectivity index (χ0v) is 17.0. The predicted molar refractivity (Wildman–Crippen MR) is 107 cm³/mol. The Hall–Kier alpha value is -2.64. The first-order valence-corrected chi connectivity index (χ1v) is 10.5. The Bertz CT molecular complexity index is 1080. The van der Waals surface area contributed by atoms with Gasteiger partial charge in [0.05, 0.1) is 34.8 Å². The highest BCUT2D eigenvalue weighted by molar-refractivity contribution is 7.89. The summed E-state index contributed by atoms with van der Waals surface area (Å²) in [4.78, 5) is 12.7. The minimum absolute atomic E-state index is 0.0403. The number of nitriles is 1. The maximum absolute atomic E-state index is 12.7. The Morgan fingerprint density at radius 2 is 2.10 bits per heavy atom. The second-order valence-corrected chi connectivity index (χ2v) is 8.43. The summed E-state index contributed by atoms with van der Waals surface area (Å²) in [7, 11) is -2.45. The molecular weight excluding hydrogens is 418 g/mol. The molecule has 152 valence electrons. The molecule has 3 rings (SSSR count). The molecule has 1 amide bonds. The number of amides is 1. The van der Waals surface area contributed by atoms with Crippen LogP contribution in [0.1, 0.15) is 22.3 Å². The Labute approximate surface area is 173 Å². The number of carbonyl (C=O) groups is 1. The normalized spacial score (nSPS) is 16.2. The molecule has 2 aromatic rings. The van der Waals surface area contributed by atoms with Crippen molar-refractivity contribution in [3.8, 4) is 11.8 Å². The first kappa shape index (κ1) is 21.1. The average Bonchev–Trinajstić information content (AvgIpc) is 3.19. The smallest absolute Gasteiger partial charge is 0.259 e. The first-order chi connectivity index (χ1) is 13.8. The number of hydrogen-bond donors (Lipinski definition) is 2. The van der Waals surface area contributed by atoms with E-state index in [1.54, 1.807) is 0 Å². The van der Waals surface area contributed by atoms with Gasteiger partial charge in [-0.05, 0) is 42.8 Å². The van der Waals surface area contributed by atoms with Gasteiger partial charge in [0, 0.05) is 18.3 Å². The molecule has 1 aliphatic heterocycles. The van der Waals surface area contributed by atoms with Crippen LogP contribution in [0.4, 0.5) is 5.69 Å². The van der Waals surface area contributed by atoms with Crippen LogP contribution in [0.15, 0.2) is 41.3 Å². The molecule has 0 radical (unpaired) electrons. The topological polar surface area (TPSA) is 118 Å². The van der Waals surface area contributed by atoms with Crippen molar-refractivity contribution in [2.75, 3.05) is 25.6 Å². The lowest BCUT2D eigenvalue weighted by Gasteiger charge is -2.14. The van der Waals surface area contributed by atoms with Crippen LogP contribution in [-0.2, 0) is 14.8 Å². The van der Waals surface area contributed by atoms with Crippen molar-refractivity contribution in [2.24, 2.45) is 0 Å². The Morgan fingerprint density at radius 1 is 1.31 bits per heavy atom. The van der Waals surface area contributed by atoms with Crippen molar-refractivity contribution in [3.63, 3.8) is 0 Å². The molecule has 2 aromatic carbocycles. The monoisotopic (exact) mass is 435 g/mol. The van der Waals surface area contributed by atoms with Crippen LogP contribution in [0.5, 0.6) is 5.75 Å². The SMILES string of the molecule is COc1ccc(S(=O)(=O)N[C@H]2CCOC2)cc1C(=O)Nc1ccc(C#N)c(Cl)c1. The van der Waals surface area contributed by atoms with E-state index in [4.69, 9.17) is 26.3 Å². The van der Waals surface area contributed by atoms with Crippen molar-refractivity contribution in [3.05, 3.63) is 52.5 Å². The lowest BCUT2D eigenvalue weighted by Crippen LogP contribution is -2.35. The molecule has 0 bridgehead atoms. The molecule has 0 unspecified atom stereocenters. The van der Waals surface area contributed by atoms with E-state index in [1.165, 1.54) is 43.5 Å². The van der Waals surface area contributed by atoms with Gasteiger partial charge in [-0.25, -0.2) is 13.1 Å². The number of nitrogens with one attached hydrogen (secondary N) is 2. The third-order valence-corrected chi connectivity index (χ3v) is 6.16. The summed E-state index contributed by atoms with van der Waals surface area (Å²) >= 11 is 5.99. The molecule has 1 fully saturated rings. The average molecular weight is 436 g/mol. The number of methoxy groups -OCH3 is 1. The number of ether oxygens (including phenoxy) is 2. The van der Waals surface area contributed by atoms with E-state index < -0.39 is 15.9 Å². The van der Waals surface area contributed by atoms with Crippen LogP contribution in [0.3, 0.4) is 0 Å². The van der Waals surface area contributed by atoms with Crippen molar-refractivity contribution in [1.82, 2.24) is 4.72 Å². The van der Waals surface area contributed by atoms with Gasteiger partial charge in [-0.3, -0.25) is 4.79 Å². The highest BCUT2D eigenvalue weighted by Crippen LogP contribution is 2.26. The lowest BCUT2D eigenvalue weighted by atomic mass is 10.1. The van der Waals surface area contributed by atoms with Crippen molar-refractivity contribution >= 4 is 33.2 Å². The second-order valence-electron chi connectivity index (χ2n) is 6.30. The Morgan fingerprint density at radius 3 is 2.72 bits per heavy atom. The zero-order chi connectivity index (χ0) is 21.0. The molecular formula is C19H18ClN3O5S. The molecule has 1 heterocycles. The number of halogens is 1. The molecule has 2 N–H and O–H groups in total. The quantitative estimate of drug-likeness (QED) is 0.719. The van der Waals surface area contributed by atoms with Crippen LogP contribution >= 0.6 is 11.6 Å². The number of rotatable bonds is 6. The first-order valence-electron chi connectivity index (χ1n) is 8.63. The zero-order valence-electron chi connectivity index (χ0n) is 15.4. The summed E-state index contributed by atoms with van der Waals surface area (Å²) in [5.74, 6) is -0.366. The number of anilines is 1. The Balaban J connectivity index is 1.87. The standard InChI is InChI=1S/C19H18ClN3O5S/c1-27-18-5-4-15(29(25,26)23-14-6-7-28-11-14)9-16(18)19(24)22-13-3-2-12(10-21)17(20)8-13/h2-5,8-9,14,23H,6-7,11H2,1H3,(H,22,24)/t14-/m0/s1. The van der Waals surface area contributed by atoms with Gasteiger partial charge >= 0.3 is 0 Å². The van der Waals surface area contributed by atoms with Gasteiger partial charge in [-0.15, -0.1) is 0 Å². The molecule has 1 atom stereocenters. The van der Waals surface area contributed by atoms with Gasteiger partial charge < -0.3 is 14.8 Å². The molecule has 0 saturated carbocycles.